The lowest BCUT2D eigenvalue weighted by Gasteiger charge is -2.09. The zero-order chi connectivity index (χ0) is 15.4. The molecule has 110 valence electrons. The Kier molecular flexibility index (Phi) is 4.85. The van der Waals surface area contributed by atoms with Crippen molar-refractivity contribution in [2.45, 2.75) is 6.54 Å². The standard InChI is InChI=1S/C14H11BrF2N2O2/c1-21-14-8(3-2-4-18-14)7-19-13(20)12-10(16)5-9(15)6-11(12)17/h2-6H,7H2,1H3,(H,19,20). The molecule has 1 amide bonds. The van der Waals surface area contributed by atoms with Crippen LogP contribution in [0.4, 0.5) is 8.78 Å². The van der Waals surface area contributed by atoms with E-state index in [1.54, 1.807) is 12.1 Å². The van der Waals surface area contributed by atoms with Crippen LogP contribution in [0.2, 0.25) is 0 Å². The number of amides is 1. The minimum atomic E-state index is -0.933. The number of aromatic nitrogens is 1. The first-order valence-corrected chi connectivity index (χ1v) is 6.73. The second kappa shape index (κ2) is 6.62. The smallest absolute Gasteiger partial charge is 0.257 e. The van der Waals surface area contributed by atoms with Crippen LogP contribution >= 0.6 is 15.9 Å². The summed E-state index contributed by atoms with van der Waals surface area (Å²) >= 11 is 2.95. The average molecular weight is 357 g/mol. The van der Waals surface area contributed by atoms with Crippen molar-refractivity contribution in [1.29, 1.82) is 0 Å². The molecule has 1 heterocycles. The molecule has 21 heavy (non-hydrogen) atoms. The molecule has 0 bridgehead atoms. The summed E-state index contributed by atoms with van der Waals surface area (Å²) in [5, 5.41) is 2.44. The monoisotopic (exact) mass is 356 g/mol. The topological polar surface area (TPSA) is 51.2 Å². The number of methoxy groups -OCH3 is 1. The molecule has 0 aliphatic rings. The van der Waals surface area contributed by atoms with Crippen molar-refractivity contribution in [3.05, 3.63) is 57.7 Å². The highest BCUT2D eigenvalue weighted by Crippen LogP contribution is 2.20. The molecule has 0 spiro atoms. The number of pyridine rings is 1. The van der Waals surface area contributed by atoms with Gasteiger partial charge >= 0.3 is 0 Å². The number of nitrogens with zero attached hydrogens (tertiary/aromatic N) is 1. The van der Waals surface area contributed by atoms with Crippen LogP contribution in [-0.2, 0) is 6.54 Å². The summed E-state index contributed by atoms with van der Waals surface area (Å²) in [5.41, 5.74) is -0.0210. The Hall–Kier alpha value is -2.02. The second-order valence-electron chi connectivity index (χ2n) is 4.10. The Labute approximate surface area is 128 Å². The zero-order valence-electron chi connectivity index (χ0n) is 11.0. The van der Waals surface area contributed by atoms with Gasteiger partial charge in [0.15, 0.2) is 0 Å². The largest absolute Gasteiger partial charge is 0.481 e. The predicted molar refractivity (Wildman–Crippen MR) is 76.0 cm³/mol. The minimum absolute atomic E-state index is 0.0464. The summed E-state index contributed by atoms with van der Waals surface area (Å²) < 4.78 is 32.6. The maximum absolute atomic E-state index is 13.7. The summed E-state index contributed by atoms with van der Waals surface area (Å²) in [5.74, 6) is -2.37. The molecule has 0 saturated carbocycles. The Balaban J connectivity index is 2.16. The van der Waals surface area contributed by atoms with E-state index >= 15 is 0 Å². The number of carbonyl (C=O) groups excluding carboxylic acids is 1. The van der Waals surface area contributed by atoms with Gasteiger partial charge in [-0.25, -0.2) is 13.8 Å². The van der Waals surface area contributed by atoms with Gasteiger partial charge in [-0.2, -0.15) is 0 Å². The van der Waals surface area contributed by atoms with Crippen molar-refractivity contribution in [3.8, 4) is 5.88 Å². The molecule has 4 nitrogen and oxygen atoms in total. The maximum Gasteiger partial charge on any atom is 0.257 e. The van der Waals surface area contributed by atoms with Crippen LogP contribution in [0, 0.1) is 11.6 Å². The Bertz CT molecular complexity index is 657. The maximum atomic E-state index is 13.7. The SMILES string of the molecule is COc1ncccc1CNC(=O)c1c(F)cc(Br)cc1F. The van der Waals surface area contributed by atoms with Gasteiger partial charge < -0.3 is 10.1 Å². The van der Waals surface area contributed by atoms with Crippen molar-refractivity contribution in [2.24, 2.45) is 0 Å². The fourth-order valence-corrected chi connectivity index (χ4v) is 2.17. The van der Waals surface area contributed by atoms with Crippen molar-refractivity contribution in [2.75, 3.05) is 7.11 Å². The van der Waals surface area contributed by atoms with Gasteiger partial charge in [0, 0.05) is 22.8 Å². The van der Waals surface area contributed by atoms with Gasteiger partial charge in [0.05, 0.1) is 7.11 Å². The van der Waals surface area contributed by atoms with E-state index in [9.17, 15) is 13.6 Å². The molecular weight excluding hydrogens is 346 g/mol. The van der Waals surface area contributed by atoms with E-state index in [2.05, 4.69) is 26.2 Å². The van der Waals surface area contributed by atoms with Crippen molar-refractivity contribution in [1.82, 2.24) is 10.3 Å². The fourth-order valence-electron chi connectivity index (χ4n) is 1.77. The van der Waals surface area contributed by atoms with Gasteiger partial charge in [-0.15, -0.1) is 0 Å². The van der Waals surface area contributed by atoms with E-state index < -0.39 is 23.1 Å². The Morgan fingerprint density at radius 2 is 2.05 bits per heavy atom. The molecule has 0 radical (unpaired) electrons. The molecule has 1 N–H and O–H groups in total. The number of ether oxygens (including phenoxy) is 1. The second-order valence-corrected chi connectivity index (χ2v) is 5.01. The predicted octanol–water partition coefficient (Wildman–Crippen LogP) is 3.06. The van der Waals surface area contributed by atoms with Gasteiger partial charge in [0.1, 0.15) is 17.2 Å². The first-order valence-electron chi connectivity index (χ1n) is 5.93. The first kappa shape index (κ1) is 15.4. The third-order valence-corrected chi connectivity index (χ3v) is 3.17. The lowest BCUT2D eigenvalue weighted by atomic mass is 10.1. The summed E-state index contributed by atoms with van der Waals surface area (Å²) in [6.07, 6.45) is 1.54. The third kappa shape index (κ3) is 3.55. The lowest BCUT2D eigenvalue weighted by molar-refractivity contribution is 0.0942. The molecule has 0 saturated heterocycles. The number of halogens is 3. The molecule has 0 aliphatic carbocycles. The van der Waals surface area contributed by atoms with Gasteiger partial charge in [-0.1, -0.05) is 22.0 Å². The first-order chi connectivity index (χ1) is 10.0. The molecule has 7 heteroatoms. The van der Waals surface area contributed by atoms with Crippen LogP contribution in [0.1, 0.15) is 15.9 Å². The lowest BCUT2D eigenvalue weighted by Crippen LogP contribution is -2.25. The third-order valence-electron chi connectivity index (χ3n) is 2.72. The number of carbonyl (C=O) groups is 1. The minimum Gasteiger partial charge on any atom is -0.481 e. The van der Waals surface area contributed by atoms with Crippen molar-refractivity contribution < 1.29 is 18.3 Å². The summed E-state index contributed by atoms with van der Waals surface area (Å²) in [6.45, 7) is 0.0464. The quantitative estimate of drug-likeness (QED) is 0.915. The Morgan fingerprint density at radius 1 is 1.38 bits per heavy atom. The normalized spacial score (nSPS) is 10.3. The van der Waals surface area contributed by atoms with E-state index in [1.165, 1.54) is 13.3 Å². The summed E-state index contributed by atoms with van der Waals surface area (Å²) in [6, 6.07) is 5.43. The molecule has 0 fully saturated rings. The van der Waals surface area contributed by atoms with E-state index in [-0.39, 0.29) is 11.0 Å². The van der Waals surface area contributed by atoms with Crippen LogP contribution < -0.4 is 10.1 Å². The number of rotatable bonds is 4. The highest BCUT2D eigenvalue weighted by Gasteiger charge is 2.18. The molecule has 0 atom stereocenters. The highest BCUT2D eigenvalue weighted by atomic mass is 79.9. The molecule has 1 aromatic carbocycles. The molecule has 1 aromatic heterocycles. The Morgan fingerprint density at radius 3 is 2.67 bits per heavy atom. The number of hydrogen-bond acceptors (Lipinski definition) is 3. The summed E-state index contributed by atoms with van der Waals surface area (Å²) in [4.78, 5) is 15.9. The average Bonchev–Trinajstić information content (AvgIpc) is 2.44. The molecular formula is C14H11BrF2N2O2. The molecule has 2 aromatic rings. The molecule has 2 rings (SSSR count). The van der Waals surface area contributed by atoms with Gasteiger partial charge in [0.2, 0.25) is 5.88 Å². The van der Waals surface area contributed by atoms with Gasteiger partial charge in [-0.3, -0.25) is 4.79 Å². The van der Waals surface area contributed by atoms with E-state index in [0.717, 1.165) is 12.1 Å². The van der Waals surface area contributed by atoms with Gasteiger partial charge in [-0.05, 0) is 18.2 Å². The van der Waals surface area contributed by atoms with Crippen molar-refractivity contribution >= 4 is 21.8 Å². The number of benzene rings is 1. The van der Waals surface area contributed by atoms with E-state index in [4.69, 9.17) is 4.74 Å². The van der Waals surface area contributed by atoms with E-state index in [1.807, 2.05) is 0 Å². The number of nitrogens with one attached hydrogen (secondary N) is 1. The van der Waals surface area contributed by atoms with E-state index in [0.29, 0.717) is 11.4 Å². The fraction of sp³-hybridized carbons (Fsp3) is 0.143. The molecule has 0 aliphatic heterocycles. The van der Waals surface area contributed by atoms with Crippen molar-refractivity contribution in [3.63, 3.8) is 0 Å². The van der Waals surface area contributed by atoms with Crippen LogP contribution in [-0.4, -0.2) is 18.0 Å². The molecule has 0 unspecified atom stereocenters. The number of hydrogen-bond donors (Lipinski definition) is 1. The van der Waals surface area contributed by atoms with Gasteiger partial charge in [0.25, 0.3) is 5.91 Å². The van der Waals surface area contributed by atoms with Crippen LogP contribution in [0.5, 0.6) is 5.88 Å². The summed E-state index contributed by atoms with van der Waals surface area (Å²) in [7, 11) is 1.45. The van der Waals surface area contributed by atoms with Crippen LogP contribution in [0.3, 0.4) is 0 Å². The zero-order valence-corrected chi connectivity index (χ0v) is 12.6. The highest BCUT2D eigenvalue weighted by molar-refractivity contribution is 9.10. The van der Waals surface area contributed by atoms with Crippen LogP contribution in [0.25, 0.3) is 0 Å². The van der Waals surface area contributed by atoms with Crippen LogP contribution in [0.15, 0.2) is 34.9 Å².